The molecule has 0 saturated heterocycles. The van der Waals surface area contributed by atoms with Gasteiger partial charge in [-0.3, -0.25) is 10.1 Å². The summed E-state index contributed by atoms with van der Waals surface area (Å²) in [5.41, 5.74) is 7.05. The van der Waals surface area contributed by atoms with Crippen molar-refractivity contribution in [2.24, 2.45) is 5.73 Å². The molecule has 1 aromatic heterocycles. The number of nitrogens with two attached hydrogens (primary N) is 1. The molecule has 0 amide bonds. The Morgan fingerprint density at radius 1 is 1.53 bits per heavy atom. The van der Waals surface area contributed by atoms with Crippen LogP contribution in [-0.2, 0) is 6.42 Å². The number of hydrogen-bond donors (Lipinski definition) is 1. The molecule has 1 aromatic carbocycles. The molecule has 19 heavy (non-hydrogen) atoms. The Morgan fingerprint density at radius 3 is 2.89 bits per heavy atom. The summed E-state index contributed by atoms with van der Waals surface area (Å²) in [4.78, 5) is 15.9. The maximum atomic E-state index is 10.9. The smallest absolute Gasteiger partial charge is 0.288 e. The highest BCUT2D eigenvalue weighted by atomic mass is 35.5. The van der Waals surface area contributed by atoms with Gasteiger partial charge in [0.2, 0.25) is 0 Å². The highest BCUT2D eigenvalue weighted by Crippen LogP contribution is 2.33. The van der Waals surface area contributed by atoms with Gasteiger partial charge in [0.1, 0.15) is 10.0 Å². The Balaban J connectivity index is 2.44. The SMILES string of the molecule is Cc1nc(-c2ccc(Cl)c([N+](=O)[O-])c2)sc1CCN. The third-order valence-corrected chi connectivity index (χ3v) is 4.24. The number of rotatable bonds is 4. The molecule has 0 radical (unpaired) electrons. The Hall–Kier alpha value is -1.50. The quantitative estimate of drug-likeness (QED) is 0.694. The number of aryl methyl sites for hydroxylation is 1. The summed E-state index contributed by atoms with van der Waals surface area (Å²) in [6, 6.07) is 4.71. The van der Waals surface area contributed by atoms with Gasteiger partial charge in [-0.25, -0.2) is 4.98 Å². The van der Waals surface area contributed by atoms with E-state index in [4.69, 9.17) is 17.3 Å². The topological polar surface area (TPSA) is 82.0 Å². The Bertz CT molecular complexity index is 627. The zero-order valence-corrected chi connectivity index (χ0v) is 11.8. The van der Waals surface area contributed by atoms with Crippen molar-refractivity contribution in [3.63, 3.8) is 0 Å². The van der Waals surface area contributed by atoms with E-state index in [-0.39, 0.29) is 10.7 Å². The van der Waals surface area contributed by atoms with Crippen molar-refractivity contribution < 1.29 is 4.92 Å². The molecule has 5 nitrogen and oxygen atoms in total. The number of benzene rings is 1. The Labute approximate surface area is 119 Å². The summed E-state index contributed by atoms with van der Waals surface area (Å²) in [6.07, 6.45) is 0.763. The van der Waals surface area contributed by atoms with E-state index in [9.17, 15) is 10.1 Å². The van der Waals surface area contributed by atoms with Crippen molar-refractivity contribution in [2.45, 2.75) is 13.3 Å². The predicted octanol–water partition coefficient (Wildman–Crippen LogP) is 3.18. The summed E-state index contributed by atoms with van der Waals surface area (Å²) in [6.45, 7) is 2.47. The van der Waals surface area contributed by atoms with Gasteiger partial charge in [-0.15, -0.1) is 11.3 Å². The molecule has 7 heteroatoms. The summed E-state index contributed by atoms with van der Waals surface area (Å²) in [7, 11) is 0. The second-order valence-corrected chi connectivity index (χ2v) is 5.48. The first-order valence-corrected chi connectivity index (χ1v) is 6.83. The lowest BCUT2D eigenvalue weighted by Gasteiger charge is -1.98. The average Bonchev–Trinajstić information content (AvgIpc) is 2.72. The highest BCUT2D eigenvalue weighted by Gasteiger charge is 2.16. The summed E-state index contributed by atoms with van der Waals surface area (Å²) < 4.78 is 0. The first kappa shape index (κ1) is 13.9. The second kappa shape index (κ2) is 5.64. The standard InChI is InChI=1S/C12H12ClN3O2S/c1-7-11(4-5-14)19-12(15-7)8-2-3-9(13)10(6-8)16(17)18/h2-3,6H,4-5,14H2,1H3. The van der Waals surface area contributed by atoms with Crippen LogP contribution in [0.3, 0.4) is 0 Å². The molecule has 100 valence electrons. The molecule has 2 rings (SSSR count). The maximum absolute atomic E-state index is 10.9. The minimum absolute atomic E-state index is 0.104. The predicted molar refractivity (Wildman–Crippen MR) is 76.7 cm³/mol. The molecule has 2 N–H and O–H groups in total. The van der Waals surface area contributed by atoms with Gasteiger partial charge in [0.15, 0.2) is 0 Å². The van der Waals surface area contributed by atoms with E-state index in [0.29, 0.717) is 12.1 Å². The Kier molecular flexibility index (Phi) is 4.14. The molecule has 0 bridgehead atoms. The Morgan fingerprint density at radius 2 is 2.26 bits per heavy atom. The van der Waals surface area contributed by atoms with Crippen molar-refractivity contribution in [1.82, 2.24) is 4.98 Å². The van der Waals surface area contributed by atoms with E-state index in [0.717, 1.165) is 22.0 Å². The minimum Gasteiger partial charge on any atom is -0.330 e. The molecule has 0 atom stereocenters. The van der Waals surface area contributed by atoms with Crippen molar-refractivity contribution in [3.05, 3.63) is 43.9 Å². The number of halogens is 1. The minimum atomic E-state index is -0.493. The van der Waals surface area contributed by atoms with E-state index in [1.165, 1.54) is 23.5 Å². The fraction of sp³-hybridized carbons (Fsp3) is 0.250. The number of aromatic nitrogens is 1. The van der Waals surface area contributed by atoms with Crippen LogP contribution in [0.5, 0.6) is 0 Å². The van der Waals surface area contributed by atoms with Gasteiger partial charge in [-0.05, 0) is 32.0 Å². The normalized spacial score (nSPS) is 10.7. The number of nitro groups is 1. The van der Waals surface area contributed by atoms with Gasteiger partial charge in [0.05, 0.1) is 10.6 Å². The van der Waals surface area contributed by atoms with Crippen LogP contribution in [0, 0.1) is 17.0 Å². The molecular weight excluding hydrogens is 286 g/mol. The average molecular weight is 298 g/mol. The summed E-state index contributed by atoms with van der Waals surface area (Å²) >= 11 is 7.30. The van der Waals surface area contributed by atoms with Crippen LogP contribution in [0.4, 0.5) is 5.69 Å². The van der Waals surface area contributed by atoms with Gasteiger partial charge >= 0.3 is 0 Å². The number of nitro benzene ring substituents is 1. The maximum Gasteiger partial charge on any atom is 0.288 e. The molecule has 0 fully saturated rings. The second-order valence-electron chi connectivity index (χ2n) is 3.99. The molecule has 2 aromatic rings. The van der Waals surface area contributed by atoms with E-state index in [2.05, 4.69) is 4.98 Å². The first-order chi connectivity index (χ1) is 9.02. The van der Waals surface area contributed by atoms with Crippen LogP contribution in [-0.4, -0.2) is 16.5 Å². The first-order valence-electron chi connectivity index (χ1n) is 5.63. The van der Waals surface area contributed by atoms with Crippen LogP contribution < -0.4 is 5.73 Å². The van der Waals surface area contributed by atoms with E-state index >= 15 is 0 Å². The lowest BCUT2D eigenvalue weighted by atomic mass is 10.2. The van der Waals surface area contributed by atoms with Crippen molar-refractivity contribution in [3.8, 4) is 10.6 Å². The van der Waals surface area contributed by atoms with Crippen LogP contribution in [0.15, 0.2) is 18.2 Å². The van der Waals surface area contributed by atoms with Crippen molar-refractivity contribution in [2.75, 3.05) is 6.54 Å². The van der Waals surface area contributed by atoms with Gasteiger partial charge in [-0.1, -0.05) is 11.6 Å². The monoisotopic (exact) mass is 297 g/mol. The lowest BCUT2D eigenvalue weighted by Crippen LogP contribution is -2.01. The van der Waals surface area contributed by atoms with E-state index in [1.54, 1.807) is 6.07 Å². The van der Waals surface area contributed by atoms with Crippen LogP contribution >= 0.6 is 22.9 Å². The van der Waals surface area contributed by atoms with Crippen LogP contribution in [0.25, 0.3) is 10.6 Å². The van der Waals surface area contributed by atoms with Gasteiger partial charge in [0.25, 0.3) is 5.69 Å². The molecule has 0 aliphatic rings. The highest BCUT2D eigenvalue weighted by molar-refractivity contribution is 7.15. The zero-order valence-electron chi connectivity index (χ0n) is 10.2. The van der Waals surface area contributed by atoms with Crippen LogP contribution in [0.2, 0.25) is 5.02 Å². The third-order valence-electron chi connectivity index (χ3n) is 2.65. The van der Waals surface area contributed by atoms with Gasteiger partial charge in [-0.2, -0.15) is 0 Å². The van der Waals surface area contributed by atoms with E-state index < -0.39 is 4.92 Å². The summed E-state index contributed by atoms with van der Waals surface area (Å²) in [5, 5.41) is 11.7. The van der Waals surface area contributed by atoms with Crippen molar-refractivity contribution in [1.29, 1.82) is 0 Å². The van der Waals surface area contributed by atoms with Crippen LogP contribution in [0.1, 0.15) is 10.6 Å². The summed E-state index contributed by atoms with van der Waals surface area (Å²) in [5.74, 6) is 0. The van der Waals surface area contributed by atoms with Crippen molar-refractivity contribution >= 4 is 28.6 Å². The lowest BCUT2D eigenvalue weighted by molar-refractivity contribution is -0.384. The largest absolute Gasteiger partial charge is 0.330 e. The molecule has 0 saturated carbocycles. The molecule has 0 aliphatic heterocycles. The molecule has 0 unspecified atom stereocenters. The molecule has 1 heterocycles. The number of hydrogen-bond acceptors (Lipinski definition) is 5. The van der Waals surface area contributed by atoms with Gasteiger partial charge in [0, 0.05) is 16.5 Å². The fourth-order valence-electron chi connectivity index (χ4n) is 1.70. The number of nitrogens with zero attached hydrogens (tertiary/aromatic N) is 2. The van der Waals surface area contributed by atoms with Gasteiger partial charge < -0.3 is 5.73 Å². The molecule has 0 aliphatic carbocycles. The van der Waals surface area contributed by atoms with E-state index in [1.807, 2.05) is 6.92 Å². The molecule has 0 spiro atoms. The fourth-order valence-corrected chi connectivity index (χ4v) is 2.96. The number of thiazole rings is 1. The third kappa shape index (κ3) is 2.91. The zero-order chi connectivity index (χ0) is 14.0. The molecular formula is C12H12ClN3O2S.